The average molecular weight is 280 g/mol. The van der Waals surface area contributed by atoms with E-state index in [1.807, 2.05) is 12.1 Å². The zero-order valence-corrected chi connectivity index (χ0v) is 12.4. The van der Waals surface area contributed by atoms with Crippen LogP contribution in [0.1, 0.15) is 37.3 Å². The third kappa shape index (κ3) is 2.36. The molecule has 1 aromatic rings. The quantitative estimate of drug-likeness (QED) is 0.898. The van der Waals surface area contributed by atoms with Crippen LogP contribution < -0.4 is 10.1 Å². The molecule has 2 saturated carbocycles. The molecule has 0 radical (unpaired) electrons. The third-order valence-corrected chi connectivity index (χ3v) is 5.29. The fraction of sp³-hybridized carbons (Fsp3) is 0.625. The summed E-state index contributed by atoms with van der Waals surface area (Å²) in [5.41, 5.74) is 1.22. The second-order valence-corrected chi connectivity index (χ2v) is 6.43. The average Bonchev–Trinajstić information content (AvgIpc) is 3.03. The van der Waals surface area contributed by atoms with Gasteiger partial charge in [0.25, 0.3) is 0 Å². The first-order valence-corrected chi connectivity index (χ1v) is 7.61. The molecule has 0 spiro atoms. The van der Waals surface area contributed by atoms with Crippen LogP contribution in [0.2, 0.25) is 5.02 Å². The van der Waals surface area contributed by atoms with E-state index in [0.717, 1.165) is 28.5 Å². The van der Waals surface area contributed by atoms with E-state index < -0.39 is 0 Å². The van der Waals surface area contributed by atoms with E-state index in [0.29, 0.717) is 6.04 Å². The van der Waals surface area contributed by atoms with Gasteiger partial charge in [-0.2, -0.15) is 0 Å². The van der Waals surface area contributed by atoms with Crippen LogP contribution in [0.15, 0.2) is 18.2 Å². The molecule has 1 N–H and O–H groups in total. The van der Waals surface area contributed by atoms with Crippen molar-refractivity contribution in [3.05, 3.63) is 28.8 Å². The van der Waals surface area contributed by atoms with Gasteiger partial charge in [0.05, 0.1) is 7.11 Å². The van der Waals surface area contributed by atoms with Crippen molar-refractivity contribution < 1.29 is 4.74 Å². The van der Waals surface area contributed by atoms with Gasteiger partial charge in [-0.15, -0.1) is 0 Å². The largest absolute Gasteiger partial charge is 0.496 e. The van der Waals surface area contributed by atoms with Crippen LogP contribution in [-0.2, 0) is 0 Å². The second-order valence-electron chi connectivity index (χ2n) is 5.99. The number of benzene rings is 1. The Morgan fingerprint density at radius 2 is 2.16 bits per heavy atom. The number of rotatable bonds is 4. The lowest BCUT2D eigenvalue weighted by Crippen LogP contribution is -2.29. The first-order chi connectivity index (χ1) is 9.22. The summed E-state index contributed by atoms with van der Waals surface area (Å²) in [6, 6.07) is 6.31. The highest BCUT2D eigenvalue weighted by Crippen LogP contribution is 2.53. The molecule has 104 valence electrons. The number of methoxy groups -OCH3 is 1. The molecule has 4 atom stereocenters. The molecule has 0 aromatic heterocycles. The number of nitrogens with one attached hydrogen (secondary N) is 1. The Morgan fingerprint density at radius 1 is 1.32 bits per heavy atom. The topological polar surface area (TPSA) is 21.3 Å². The molecule has 0 amide bonds. The minimum atomic E-state index is 0.365. The van der Waals surface area contributed by atoms with Gasteiger partial charge in [-0.1, -0.05) is 18.0 Å². The summed E-state index contributed by atoms with van der Waals surface area (Å²) in [7, 11) is 3.79. The van der Waals surface area contributed by atoms with Crippen LogP contribution in [0.3, 0.4) is 0 Å². The molecule has 3 heteroatoms. The smallest absolute Gasteiger partial charge is 0.123 e. The van der Waals surface area contributed by atoms with Crippen LogP contribution in [0, 0.1) is 17.8 Å². The van der Waals surface area contributed by atoms with Gasteiger partial charge in [-0.25, -0.2) is 0 Å². The maximum absolute atomic E-state index is 6.18. The maximum Gasteiger partial charge on any atom is 0.123 e. The highest BCUT2D eigenvalue weighted by atomic mass is 35.5. The van der Waals surface area contributed by atoms with Gasteiger partial charge in [0, 0.05) is 16.6 Å². The van der Waals surface area contributed by atoms with Crippen LogP contribution in [-0.4, -0.2) is 14.2 Å². The van der Waals surface area contributed by atoms with Crippen molar-refractivity contribution in [2.75, 3.05) is 14.2 Å². The first-order valence-electron chi connectivity index (χ1n) is 7.23. The predicted molar refractivity (Wildman–Crippen MR) is 78.7 cm³/mol. The molecule has 2 aliphatic carbocycles. The van der Waals surface area contributed by atoms with Gasteiger partial charge in [0.15, 0.2) is 0 Å². The second kappa shape index (κ2) is 5.34. The summed E-state index contributed by atoms with van der Waals surface area (Å²) in [6.07, 6.45) is 5.61. The summed E-state index contributed by atoms with van der Waals surface area (Å²) in [6.45, 7) is 0. The Balaban J connectivity index is 1.91. The summed E-state index contributed by atoms with van der Waals surface area (Å²) in [4.78, 5) is 0. The van der Waals surface area contributed by atoms with Crippen LogP contribution >= 0.6 is 11.6 Å². The lowest BCUT2D eigenvalue weighted by Gasteiger charge is -2.31. The van der Waals surface area contributed by atoms with Crippen molar-refractivity contribution in [1.82, 2.24) is 5.32 Å². The van der Waals surface area contributed by atoms with E-state index in [-0.39, 0.29) is 0 Å². The zero-order chi connectivity index (χ0) is 13.4. The Morgan fingerprint density at radius 3 is 2.74 bits per heavy atom. The highest BCUT2D eigenvalue weighted by Gasteiger charge is 2.43. The molecule has 19 heavy (non-hydrogen) atoms. The molecule has 4 unspecified atom stereocenters. The van der Waals surface area contributed by atoms with Gasteiger partial charge in [0.2, 0.25) is 0 Å². The van der Waals surface area contributed by atoms with Crippen molar-refractivity contribution >= 4 is 11.6 Å². The monoisotopic (exact) mass is 279 g/mol. The molecule has 0 aliphatic heterocycles. The van der Waals surface area contributed by atoms with Crippen molar-refractivity contribution in [3.8, 4) is 5.75 Å². The van der Waals surface area contributed by atoms with Crippen molar-refractivity contribution in [3.63, 3.8) is 0 Å². The van der Waals surface area contributed by atoms with E-state index in [1.165, 1.54) is 31.2 Å². The standard InChI is InChI=1S/C16H22ClNO/c1-18-16(13-8-10-3-4-11(13)7-10)14-9-12(17)5-6-15(14)19-2/h5-6,9-11,13,16,18H,3-4,7-8H2,1-2H3. The Hall–Kier alpha value is -0.730. The third-order valence-electron chi connectivity index (χ3n) is 5.06. The SMILES string of the molecule is CNC(c1cc(Cl)ccc1OC)C1CC2CCC1C2. The molecular weight excluding hydrogens is 258 g/mol. The van der Waals surface area contributed by atoms with Gasteiger partial charge < -0.3 is 10.1 Å². The van der Waals surface area contributed by atoms with Crippen molar-refractivity contribution in [2.24, 2.45) is 17.8 Å². The molecule has 1 aromatic carbocycles. The lowest BCUT2D eigenvalue weighted by molar-refractivity contribution is 0.254. The Kier molecular flexibility index (Phi) is 3.72. The number of hydrogen-bond acceptors (Lipinski definition) is 2. The van der Waals surface area contributed by atoms with Gasteiger partial charge in [-0.3, -0.25) is 0 Å². The van der Waals surface area contributed by atoms with Crippen LogP contribution in [0.25, 0.3) is 0 Å². The number of ether oxygens (including phenoxy) is 1. The van der Waals surface area contributed by atoms with E-state index in [2.05, 4.69) is 18.4 Å². The molecule has 2 bridgehead atoms. The summed E-state index contributed by atoms with van der Waals surface area (Å²) >= 11 is 6.18. The molecule has 2 nitrogen and oxygen atoms in total. The van der Waals surface area contributed by atoms with Crippen molar-refractivity contribution in [2.45, 2.75) is 31.7 Å². The molecular formula is C16H22ClNO. The Bertz CT molecular complexity index is 462. The minimum Gasteiger partial charge on any atom is -0.496 e. The van der Waals surface area contributed by atoms with Crippen LogP contribution in [0.5, 0.6) is 5.75 Å². The molecule has 0 heterocycles. The van der Waals surface area contributed by atoms with Gasteiger partial charge in [-0.05, 0) is 62.3 Å². The number of hydrogen-bond donors (Lipinski definition) is 1. The zero-order valence-electron chi connectivity index (χ0n) is 11.7. The number of fused-ring (bicyclic) bond motifs is 2. The van der Waals surface area contributed by atoms with Crippen molar-refractivity contribution in [1.29, 1.82) is 0 Å². The molecule has 0 saturated heterocycles. The van der Waals surface area contributed by atoms with Crippen LogP contribution in [0.4, 0.5) is 0 Å². The van der Waals surface area contributed by atoms with E-state index in [9.17, 15) is 0 Å². The lowest BCUT2D eigenvalue weighted by atomic mass is 9.80. The first kappa shape index (κ1) is 13.3. The fourth-order valence-electron chi connectivity index (χ4n) is 4.25. The predicted octanol–water partition coefficient (Wildman–Crippen LogP) is 4.05. The normalized spacial score (nSPS) is 30.6. The number of halogens is 1. The summed E-state index contributed by atoms with van der Waals surface area (Å²) in [5, 5.41) is 4.30. The van der Waals surface area contributed by atoms with Gasteiger partial charge in [0.1, 0.15) is 5.75 Å². The molecule has 2 fully saturated rings. The maximum atomic E-state index is 6.18. The fourth-order valence-corrected chi connectivity index (χ4v) is 4.43. The van der Waals surface area contributed by atoms with E-state index in [4.69, 9.17) is 16.3 Å². The van der Waals surface area contributed by atoms with E-state index in [1.54, 1.807) is 7.11 Å². The molecule has 2 aliphatic rings. The van der Waals surface area contributed by atoms with E-state index >= 15 is 0 Å². The highest BCUT2D eigenvalue weighted by molar-refractivity contribution is 6.30. The minimum absolute atomic E-state index is 0.365. The molecule has 3 rings (SSSR count). The Labute approximate surface area is 120 Å². The van der Waals surface area contributed by atoms with Gasteiger partial charge >= 0.3 is 0 Å². The summed E-state index contributed by atoms with van der Waals surface area (Å²) < 4.78 is 5.52. The summed E-state index contributed by atoms with van der Waals surface area (Å²) in [5.74, 6) is 3.52.